The molecular weight excluding hydrogens is 170 g/mol. The van der Waals surface area contributed by atoms with E-state index < -0.39 is 0 Å². The molecule has 2 nitrogen and oxygen atoms in total. The second kappa shape index (κ2) is 6.38. The molecular formula is C9H19NOS. The number of hydrogen-bond acceptors (Lipinski definition) is 2. The number of nitrogens with two attached hydrogens (primary N) is 1. The third kappa shape index (κ3) is 7.95. The Balaban J connectivity index is 3.31. The fourth-order valence-electron chi connectivity index (χ4n) is 0.847. The van der Waals surface area contributed by atoms with Gasteiger partial charge in [-0.25, -0.2) is 0 Å². The number of thiocarbonyl (C=S) groups is 1. The largest absolute Gasteiger partial charge is 0.393 e. The summed E-state index contributed by atoms with van der Waals surface area (Å²) in [5.41, 5.74) is 5.38. The topological polar surface area (TPSA) is 35.2 Å². The molecule has 0 aliphatic carbocycles. The molecule has 0 saturated heterocycles. The Hall–Kier alpha value is -0.150. The molecule has 2 N–H and O–H groups in total. The van der Waals surface area contributed by atoms with Crippen LogP contribution in [0, 0.1) is 5.92 Å². The highest BCUT2D eigenvalue weighted by molar-refractivity contribution is 7.80. The van der Waals surface area contributed by atoms with Gasteiger partial charge in [-0.05, 0) is 19.3 Å². The van der Waals surface area contributed by atoms with Gasteiger partial charge in [0.25, 0.3) is 0 Å². The van der Waals surface area contributed by atoms with Crippen molar-refractivity contribution in [2.75, 3.05) is 6.61 Å². The highest BCUT2D eigenvalue weighted by atomic mass is 32.1. The van der Waals surface area contributed by atoms with Crippen LogP contribution < -0.4 is 5.73 Å². The minimum Gasteiger partial charge on any atom is -0.393 e. The third-order valence-electron chi connectivity index (χ3n) is 1.59. The zero-order chi connectivity index (χ0) is 9.56. The van der Waals surface area contributed by atoms with Crippen molar-refractivity contribution in [2.45, 2.75) is 39.7 Å². The molecule has 0 rings (SSSR count). The normalized spacial score (nSPS) is 13.3. The summed E-state index contributed by atoms with van der Waals surface area (Å²) in [6, 6.07) is 0. The van der Waals surface area contributed by atoms with Crippen LogP contribution in [-0.4, -0.2) is 17.7 Å². The van der Waals surface area contributed by atoms with Gasteiger partial charge in [-0.2, -0.15) is 0 Å². The van der Waals surface area contributed by atoms with Crippen molar-refractivity contribution in [1.29, 1.82) is 0 Å². The Morgan fingerprint density at radius 3 is 2.42 bits per heavy atom. The van der Waals surface area contributed by atoms with Crippen molar-refractivity contribution in [3.05, 3.63) is 0 Å². The number of rotatable bonds is 6. The van der Waals surface area contributed by atoms with E-state index in [0.29, 0.717) is 17.3 Å². The van der Waals surface area contributed by atoms with E-state index in [2.05, 4.69) is 13.8 Å². The maximum atomic E-state index is 5.50. The summed E-state index contributed by atoms with van der Waals surface area (Å²) >= 11 is 4.77. The van der Waals surface area contributed by atoms with Gasteiger partial charge in [0, 0.05) is 13.0 Å². The van der Waals surface area contributed by atoms with Gasteiger partial charge in [-0.1, -0.05) is 26.1 Å². The maximum absolute atomic E-state index is 5.50. The first-order valence-corrected chi connectivity index (χ1v) is 4.83. The summed E-state index contributed by atoms with van der Waals surface area (Å²) in [5.74, 6) is 0.696. The van der Waals surface area contributed by atoms with Crippen LogP contribution in [0.4, 0.5) is 0 Å². The Morgan fingerprint density at radius 1 is 1.42 bits per heavy atom. The van der Waals surface area contributed by atoms with Gasteiger partial charge in [0.2, 0.25) is 0 Å². The van der Waals surface area contributed by atoms with E-state index in [1.54, 1.807) is 0 Å². The molecule has 12 heavy (non-hydrogen) atoms. The highest BCUT2D eigenvalue weighted by Crippen LogP contribution is 2.03. The zero-order valence-corrected chi connectivity index (χ0v) is 8.99. The van der Waals surface area contributed by atoms with Crippen LogP contribution in [0.5, 0.6) is 0 Å². The Labute approximate surface area is 80.5 Å². The van der Waals surface area contributed by atoms with E-state index in [1.165, 1.54) is 0 Å². The predicted octanol–water partition coefficient (Wildman–Crippen LogP) is 2.11. The second-order valence-electron chi connectivity index (χ2n) is 3.53. The smallest absolute Gasteiger partial charge is 0.0753 e. The Morgan fingerprint density at radius 2 is 2.00 bits per heavy atom. The summed E-state index contributed by atoms with van der Waals surface area (Å²) < 4.78 is 5.50. The SMILES string of the molecule is CC(C)CCOC(C)CC(N)=S. The highest BCUT2D eigenvalue weighted by Gasteiger charge is 2.03. The third-order valence-corrected chi connectivity index (χ3v) is 1.75. The molecule has 0 bridgehead atoms. The van der Waals surface area contributed by atoms with Crippen molar-refractivity contribution in [3.8, 4) is 0 Å². The van der Waals surface area contributed by atoms with Crippen molar-refractivity contribution in [3.63, 3.8) is 0 Å². The molecule has 0 amide bonds. The second-order valence-corrected chi connectivity index (χ2v) is 4.06. The maximum Gasteiger partial charge on any atom is 0.0753 e. The molecule has 0 saturated carbocycles. The molecule has 0 heterocycles. The van der Waals surface area contributed by atoms with E-state index in [1.807, 2.05) is 6.92 Å². The van der Waals surface area contributed by atoms with Crippen LogP contribution in [0.2, 0.25) is 0 Å². The average molecular weight is 189 g/mol. The summed E-state index contributed by atoms with van der Waals surface area (Å²) in [6.45, 7) is 7.17. The fourth-order valence-corrected chi connectivity index (χ4v) is 1.08. The van der Waals surface area contributed by atoms with Crippen molar-refractivity contribution < 1.29 is 4.74 Å². The van der Waals surface area contributed by atoms with Crippen LogP contribution in [0.1, 0.15) is 33.6 Å². The molecule has 0 fully saturated rings. The predicted molar refractivity (Wildman–Crippen MR) is 56.3 cm³/mol. The Kier molecular flexibility index (Phi) is 6.30. The first kappa shape index (κ1) is 11.8. The van der Waals surface area contributed by atoms with E-state index >= 15 is 0 Å². The van der Waals surface area contributed by atoms with E-state index in [9.17, 15) is 0 Å². The van der Waals surface area contributed by atoms with Crippen LogP contribution in [-0.2, 0) is 4.74 Å². The lowest BCUT2D eigenvalue weighted by Gasteiger charge is -2.12. The lowest BCUT2D eigenvalue weighted by molar-refractivity contribution is 0.0637. The standard InChI is InChI=1S/C9H19NOS/c1-7(2)4-5-11-8(3)6-9(10)12/h7-8H,4-6H2,1-3H3,(H2,10,12). The molecule has 0 radical (unpaired) electrons. The van der Waals surface area contributed by atoms with E-state index in [4.69, 9.17) is 22.7 Å². The molecule has 0 aromatic heterocycles. The lowest BCUT2D eigenvalue weighted by atomic mass is 10.1. The first-order chi connectivity index (χ1) is 5.52. The van der Waals surface area contributed by atoms with Gasteiger partial charge < -0.3 is 10.5 Å². The van der Waals surface area contributed by atoms with Crippen LogP contribution in [0.25, 0.3) is 0 Å². The monoisotopic (exact) mass is 189 g/mol. The summed E-state index contributed by atoms with van der Waals surface area (Å²) in [5, 5.41) is 0. The summed E-state index contributed by atoms with van der Waals surface area (Å²) in [4.78, 5) is 0.534. The van der Waals surface area contributed by atoms with E-state index in [-0.39, 0.29) is 6.10 Å². The first-order valence-electron chi connectivity index (χ1n) is 4.42. The zero-order valence-electron chi connectivity index (χ0n) is 8.17. The number of hydrogen-bond donors (Lipinski definition) is 1. The molecule has 1 unspecified atom stereocenters. The van der Waals surface area contributed by atoms with E-state index in [0.717, 1.165) is 13.0 Å². The quantitative estimate of drug-likeness (QED) is 0.650. The minimum atomic E-state index is 0.168. The molecule has 3 heteroatoms. The molecule has 0 aliphatic rings. The number of ether oxygens (including phenoxy) is 1. The van der Waals surface area contributed by atoms with Crippen molar-refractivity contribution in [2.24, 2.45) is 11.7 Å². The van der Waals surface area contributed by atoms with Gasteiger partial charge in [-0.3, -0.25) is 0 Å². The van der Waals surface area contributed by atoms with Gasteiger partial charge >= 0.3 is 0 Å². The van der Waals surface area contributed by atoms with Crippen molar-refractivity contribution in [1.82, 2.24) is 0 Å². The lowest BCUT2D eigenvalue weighted by Crippen LogP contribution is -2.19. The molecule has 1 atom stereocenters. The Bertz CT molecular complexity index is 136. The summed E-state index contributed by atoms with van der Waals surface area (Å²) in [7, 11) is 0. The molecule has 0 spiro atoms. The molecule has 0 aromatic carbocycles. The van der Waals surface area contributed by atoms with Crippen LogP contribution in [0.3, 0.4) is 0 Å². The van der Waals surface area contributed by atoms with Gasteiger partial charge in [0.1, 0.15) is 0 Å². The molecule has 72 valence electrons. The average Bonchev–Trinajstić information content (AvgIpc) is 1.84. The molecule has 0 aliphatic heterocycles. The van der Waals surface area contributed by atoms with Crippen LogP contribution in [0.15, 0.2) is 0 Å². The van der Waals surface area contributed by atoms with Gasteiger partial charge in [0.15, 0.2) is 0 Å². The minimum absolute atomic E-state index is 0.168. The van der Waals surface area contributed by atoms with Gasteiger partial charge in [0.05, 0.1) is 11.1 Å². The fraction of sp³-hybridized carbons (Fsp3) is 0.889. The van der Waals surface area contributed by atoms with Gasteiger partial charge in [-0.15, -0.1) is 0 Å². The van der Waals surface area contributed by atoms with Crippen LogP contribution >= 0.6 is 12.2 Å². The molecule has 0 aromatic rings. The summed E-state index contributed by atoms with van der Waals surface area (Å²) in [6.07, 6.45) is 1.95. The van der Waals surface area contributed by atoms with Crippen molar-refractivity contribution >= 4 is 17.2 Å².